The van der Waals surface area contributed by atoms with E-state index in [4.69, 9.17) is 0 Å². The Hall–Kier alpha value is -1.94. The van der Waals surface area contributed by atoms with Crippen molar-refractivity contribution in [3.05, 3.63) is 11.9 Å². The number of likely N-dealkylation sites (tertiary alicyclic amines) is 1. The lowest BCUT2D eigenvalue weighted by atomic mass is 9.99. The molecule has 28 heavy (non-hydrogen) atoms. The van der Waals surface area contributed by atoms with E-state index in [0.717, 1.165) is 13.0 Å². The van der Waals surface area contributed by atoms with Crippen molar-refractivity contribution in [2.24, 2.45) is 13.0 Å². The van der Waals surface area contributed by atoms with Crippen LogP contribution in [0.5, 0.6) is 0 Å². The molecule has 0 radical (unpaired) electrons. The maximum Gasteiger partial charge on any atom is 0.246 e. The van der Waals surface area contributed by atoms with Crippen molar-refractivity contribution in [2.75, 3.05) is 32.7 Å². The molecule has 0 bridgehead atoms. The molecule has 1 atom stereocenters. The van der Waals surface area contributed by atoms with Gasteiger partial charge >= 0.3 is 0 Å². The lowest BCUT2D eigenvalue weighted by Crippen LogP contribution is -2.45. The minimum atomic E-state index is -3.65. The fourth-order valence-corrected chi connectivity index (χ4v) is 5.52. The molecule has 1 unspecified atom stereocenters. The highest BCUT2D eigenvalue weighted by Gasteiger charge is 2.34. The van der Waals surface area contributed by atoms with Gasteiger partial charge in [-0.25, -0.2) is 8.42 Å². The van der Waals surface area contributed by atoms with Gasteiger partial charge in [0.25, 0.3) is 0 Å². The molecule has 1 aromatic rings. The zero-order chi connectivity index (χ0) is 20.3. The van der Waals surface area contributed by atoms with Gasteiger partial charge in [0.15, 0.2) is 0 Å². The quantitative estimate of drug-likeness (QED) is 0.648. The van der Waals surface area contributed by atoms with Gasteiger partial charge in [0.2, 0.25) is 21.8 Å². The van der Waals surface area contributed by atoms with E-state index in [1.54, 1.807) is 14.0 Å². The van der Waals surface area contributed by atoms with Crippen molar-refractivity contribution < 1.29 is 18.0 Å². The Morgan fingerprint density at radius 3 is 2.75 bits per heavy atom. The van der Waals surface area contributed by atoms with Gasteiger partial charge in [0.1, 0.15) is 4.90 Å². The second-order valence-corrected chi connectivity index (χ2v) is 9.46. The average molecular weight is 412 g/mol. The van der Waals surface area contributed by atoms with Gasteiger partial charge in [0, 0.05) is 46.2 Å². The third-order valence-electron chi connectivity index (χ3n) is 5.64. The van der Waals surface area contributed by atoms with Crippen LogP contribution in [0.25, 0.3) is 0 Å². The smallest absolute Gasteiger partial charge is 0.246 e. The summed E-state index contributed by atoms with van der Waals surface area (Å²) in [6.07, 6.45) is 4.94. The number of sulfonamides is 1. The molecule has 2 amide bonds. The van der Waals surface area contributed by atoms with Gasteiger partial charge in [-0.2, -0.15) is 9.40 Å². The SMILES string of the molecule is Cc1c(S(=O)(=O)N2CCCC(C(=O)NCCCN3CCCC3=O)C2)cnn1C. The van der Waals surface area contributed by atoms with Crippen LogP contribution in [-0.2, 0) is 26.7 Å². The largest absolute Gasteiger partial charge is 0.356 e. The Balaban J connectivity index is 1.52. The van der Waals surface area contributed by atoms with Crippen LogP contribution in [0.15, 0.2) is 11.1 Å². The van der Waals surface area contributed by atoms with Gasteiger partial charge in [0.05, 0.1) is 17.8 Å². The number of hydrogen-bond acceptors (Lipinski definition) is 5. The first kappa shape index (κ1) is 20.8. The first-order valence-electron chi connectivity index (χ1n) is 9.85. The number of aromatic nitrogens is 2. The summed E-state index contributed by atoms with van der Waals surface area (Å²) in [4.78, 5) is 26.1. The molecule has 156 valence electrons. The third kappa shape index (κ3) is 4.38. The van der Waals surface area contributed by atoms with Gasteiger partial charge in [-0.05, 0) is 32.6 Å². The molecule has 2 fully saturated rings. The van der Waals surface area contributed by atoms with E-state index in [9.17, 15) is 18.0 Å². The van der Waals surface area contributed by atoms with Crippen LogP contribution >= 0.6 is 0 Å². The average Bonchev–Trinajstić information content (AvgIpc) is 3.24. The normalized spacial score (nSPS) is 21.3. The van der Waals surface area contributed by atoms with Crippen LogP contribution in [0.1, 0.15) is 37.8 Å². The number of carbonyl (C=O) groups excluding carboxylic acids is 2. The fourth-order valence-electron chi connectivity index (χ4n) is 3.81. The maximum atomic E-state index is 12.9. The summed E-state index contributed by atoms with van der Waals surface area (Å²) in [5.41, 5.74) is 0.586. The van der Waals surface area contributed by atoms with Crippen LogP contribution in [0, 0.1) is 12.8 Å². The molecule has 9 nitrogen and oxygen atoms in total. The standard InChI is InChI=1S/C18H29N5O4S/c1-14-16(12-20-21(14)2)28(26,27)23-11-3-6-15(13-23)18(25)19-8-5-10-22-9-4-7-17(22)24/h12,15H,3-11,13H2,1-2H3,(H,19,25). The van der Waals surface area contributed by atoms with Crippen LogP contribution in [0.4, 0.5) is 0 Å². The van der Waals surface area contributed by atoms with E-state index >= 15 is 0 Å². The Labute approximate surface area is 166 Å². The van der Waals surface area contributed by atoms with E-state index in [-0.39, 0.29) is 29.2 Å². The van der Waals surface area contributed by atoms with Crippen LogP contribution in [0.3, 0.4) is 0 Å². The summed E-state index contributed by atoms with van der Waals surface area (Å²) < 4.78 is 28.8. The van der Waals surface area contributed by atoms with Crippen LogP contribution in [-0.4, -0.2) is 71.9 Å². The molecular formula is C18H29N5O4S. The lowest BCUT2D eigenvalue weighted by Gasteiger charge is -2.31. The molecule has 0 saturated carbocycles. The van der Waals surface area contributed by atoms with Crippen molar-refractivity contribution in [2.45, 2.75) is 43.9 Å². The van der Waals surface area contributed by atoms with Crippen LogP contribution in [0.2, 0.25) is 0 Å². The highest BCUT2D eigenvalue weighted by molar-refractivity contribution is 7.89. The van der Waals surface area contributed by atoms with E-state index in [0.29, 0.717) is 51.0 Å². The molecule has 10 heteroatoms. The van der Waals surface area contributed by atoms with Gasteiger partial charge < -0.3 is 10.2 Å². The van der Waals surface area contributed by atoms with E-state index in [2.05, 4.69) is 10.4 Å². The van der Waals surface area contributed by atoms with E-state index in [1.165, 1.54) is 15.2 Å². The molecule has 0 aliphatic carbocycles. The number of nitrogens with zero attached hydrogens (tertiary/aromatic N) is 4. The van der Waals surface area contributed by atoms with Crippen LogP contribution < -0.4 is 5.32 Å². The Morgan fingerprint density at radius 2 is 2.11 bits per heavy atom. The number of rotatable bonds is 7. The summed E-state index contributed by atoms with van der Waals surface area (Å²) in [6.45, 7) is 4.28. The minimum absolute atomic E-state index is 0.115. The molecule has 1 N–H and O–H groups in total. The number of aryl methyl sites for hydroxylation is 1. The number of nitrogens with one attached hydrogen (secondary N) is 1. The van der Waals surface area contributed by atoms with Gasteiger partial charge in [-0.3, -0.25) is 14.3 Å². The molecule has 2 aliphatic rings. The number of piperidine rings is 1. The van der Waals surface area contributed by atoms with E-state index < -0.39 is 10.0 Å². The Kier molecular flexibility index (Phi) is 6.39. The first-order valence-corrected chi connectivity index (χ1v) is 11.3. The molecule has 0 aromatic carbocycles. The Bertz CT molecular complexity index is 835. The van der Waals surface area contributed by atoms with Crippen molar-refractivity contribution in [1.29, 1.82) is 0 Å². The molecule has 1 aromatic heterocycles. The predicted octanol–water partition coefficient (Wildman–Crippen LogP) is 0.258. The third-order valence-corrected chi connectivity index (χ3v) is 7.61. The highest BCUT2D eigenvalue weighted by atomic mass is 32.2. The molecule has 3 heterocycles. The molecule has 2 saturated heterocycles. The molecule has 2 aliphatic heterocycles. The Morgan fingerprint density at radius 1 is 1.32 bits per heavy atom. The monoisotopic (exact) mass is 411 g/mol. The highest BCUT2D eigenvalue weighted by Crippen LogP contribution is 2.25. The fraction of sp³-hybridized carbons (Fsp3) is 0.722. The summed E-state index contributed by atoms with van der Waals surface area (Å²) in [7, 11) is -1.95. The van der Waals surface area contributed by atoms with Gasteiger partial charge in [-0.15, -0.1) is 0 Å². The number of hydrogen-bond donors (Lipinski definition) is 1. The molecular weight excluding hydrogens is 382 g/mol. The topological polar surface area (TPSA) is 105 Å². The lowest BCUT2D eigenvalue weighted by molar-refractivity contribution is -0.127. The zero-order valence-corrected chi connectivity index (χ0v) is 17.4. The zero-order valence-electron chi connectivity index (χ0n) is 16.6. The second kappa shape index (κ2) is 8.60. The number of carbonyl (C=O) groups is 2. The van der Waals surface area contributed by atoms with E-state index in [1.807, 2.05) is 4.90 Å². The summed E-state index contributed by atoms with van der Waals surface area (Å²) in [5.74, 6) is -0.283. The first-order chi connectivity index (χ1) is 13.3. The predicted molar refractivity (Wildman–Crippen MR) is 103 cm³/mol. The summed E-state index contributed by atoms with van der Waals surface area (Å²) >= 11 is 0. The van der Waals surface area contributed by atoms with Crippen molar-refractivity contribution in [3.8, 4) is 0 Å². The second-order valence-electron chi connectivity index (χ2n) is 7.55. The van der Waals surface area contributed by atoms with Crippen molar-refractivity contribution in [3.63, 3.8) is 0 Å². The number of amides is 2. The molecule has 3 rings (SSSR count). The molecule has 0 spiro atoms. The summed E-state index contributed by atoms with van der Waals surface area (Å²) in [5, 5.41) is 6.93. The van der Waals surface area contributed by atoms with Crippen molar-refractivity contribution >= 4 is 21.8 Å². The minimum Gasteiger partial charge on any atom is -0.356 e. The van der Waals surface area contributed by atoms with Crippen molar-refractivity contribution in [1.82, 2.24) is 24.3 Å². The maximum absolute atomic E-state index is 12.9. The van der Waals surface area contributed by atoms with Gasteiger partial charge in [-0.1, -0.05) is 0 Å². The summed E-state index contributed by atoms with van der Waals surface area (Å²) in [6, 6.07) is 0.